The number of nitrogens with zero attached hydrogens (tertiary/aromatic N) is 1. The van der Waals surface area contributed by atoms with E-state index in [0.29, 0.717) is 17.3 Å². The SMILES string of the molecule is O=Cc1[nH]cc2c1-c1ccc(Cl)cc1C(c1ccccc1)=NC2. The molecule has 4 heteroatoms. The van der Waals surface area contributed by atoms with Crippen LogP contribution in [0.1, 0.15) is 27.2 Å². The van der Waals surface area contributed by atoms with Crippen molar-refractivity contribution in [3.63, 3.8) is 0 Å². The molecule has 3 aromatic rings. The van der Waals surface area contributed by atoms with Crippen LogP contribution in [0, 0.1) is 0 Å². The number of aliphatic imine (C=N–C) groups is 1. The molecule has 0 spiro atoms. The Balaban J connectivity index is 2.02. The largest absolute Gasteiger partial charge is 0.358 e. The summed E-state index contributed by atoms with van der Waals surface area (Å²) in [7, 11) is 0. The second-order valence-electron chi connectivity index (χ2n) is 5.44. The Morgan fingerprint density at radius 2 is 1.91 bits per heavy atom. The second-order valence-corrected chi connectivity index (χ2v) is 5.88. The molecule has 0 saturated carbocycles. The van der Waals surface area contributed by atoms with E-state index in [-0.39, 0.29) is 0 Å². The number of benzene rings is 2. The lowest BCUT2D eigenvalue weighted by molar-refractivity contribution is 0.112. The Morgan fingerprint density at radius 1 is 1.09 bits per heavy atom. The van der Waals surface area contributed by atoms with Crippen LogP contribution in [0.25, 0.3) is 11.1 Å². The van der Waals surface area contributed by atoms with Crippen molar-refractivity contribution in [3.05, 3.63) is 82.1 Å². The number of hydrogen-bond acceptors (Lipinski definition) is 2. The van der Waals surface area contributed by atoms with E-state index in [1.807, 2.05) is 54.7 Å². The Kier molecular flexibility index (Phi) is 3.36. The quantitative estimate of drug-likeness (QED) is 0.694. The number of rotatable bonds is 2. The monoisotopic (exact) mass is 320 g/mol. The second kappa shape index (κ2) is 5.52. The van der Waals surface area contributed by atoms with Gasteiger partial charge in [-0.1, -0.05) is 48.0 Å². The molecular weight excluding hydrogens is 308 g/mol. The minimum Gasteiger partial charge on any atom is -0.358 e. The van der Waals surface area contributed by atoms with Crippen molar-refractivity contribution in [2.45, 2.75) is 6.54 Å². The smallest absolute Gasteiger partial charge is 0.166 e. The number of carbonyl (C=O) groups is 1. The molecule has 4 rings (SSSR count). The lowest BCUT2D eigenvalue weighted by Crippen LogP contribution is -2.04. The van der Waals surface area contributed by atoms with E-state index in [2.05, 4.69) is 4.98 Å². The van der Waals surface area contributed by atoms with Crippen LogP contribution in [0.5, 0.6) is 0 Å². The topological polar surface area (TPSA) is 45.2 Å². The number of H-pyrrole nitrogens is 1. The van der Waals surface area contributed by atoms with Gasteiger partial charge in [0.05, 0.1) is 18.0 Å². The Morgan fingerprint density at radius 3 is 2.70 bits per heavy atom. The van der Waals surface area contributed by atoms with E-state index in [1.165, 1.54) is 0 Å². The summed E-state index contributed by atoms with van der Waals surface area (Å²) in [6.07, 6.45) is 2.71. The molecule has 0 aliphatic carbocycles. The minimum absolute atomic E-state index is 0.524. The van der Waals surface area contributed by atoms with E-state index in [1.54, 1.807) is 0 Å². The summed E-state index contributed by atoms with van der Waals surface area (Å²) in [5.74, 6) is 0. The molecule has 0 saturated heterocycles. The van der Waals surface area contributed by atoms with Crippen molar-refractivity contribution in [3.8, 4) is 11.1 Å². The molecule has 1 aromatic heterocycles. The molecule has 3 nitrogen and oxygen atoms in total. The van der Waals surface area contributed by atoms with Crippen molar-refractivity contribution in [2.75, 3.05) is 0 Å². The summed E-state index contributed by atoms with van der Waals surface area (Å²) in [5, 5.41) is 0.652. The van der Waals surface area contributed by atoms with Gasteiger partial charge in [0, 0.05) is 27.9 Å². The van der Waals surface area contributed by atoms with Gasteiger partial charge in [-0.2, -0.15) is 0 Å². The molecule has 1 aliphatic rings. The fourth-order valence-corrected chi connectivity index (χ4v) is 3.21. The van der Waals surface area contributed by atoms with Crippen LogP contribution >= 0.6 is 11.6 Å². The normalized spacial score (nSPS) is 12.8. The van der Waals surface area contributed by atoms with Crippen LogP contribution < -0.4 is 0 Å². The molecule has 0 amide bonds. The number of aromatic amines is 1. The van der Waals surface area contributed by atoms with Crippen LogP contribution in [-0.2, 0) is 6.54 Å². The van der Waals surface area contributed by atoms with Gasteiger partial charge in [0.25, 0.3) is 0 Å². The highest BCUT2D eigenvalue weighted by Crippen LogP contribution is 2.36. The Labute approximate surface area is 138 Å². The third-order valence-electron chi connectivity index (χ3n) is 4.07. The maximum atomic E-state index is 11.4. The van der Waals surface area contributed by atoms with E-state index in [9.17, 15) is 4.79 Å². The molecule has 0 unspecified atom stereocenters. The summed E-state index contributed by atoms with van der Waals surface area (Å²) in [6.45, 7) is 0.524. The van der Waals surface area contributed by atoms with Gasteiger partial charge in [-0.3, -0.25) is 9.79 Å². The fraction of sp³-hybridized carbons (Fsp3) is 0.0526. The van der Waals surface area contributed by atoms with Gasteiger partial charge in [-0.15, -0.1) is 0 Å². The van der Waals surface area contributed by atoms with Crippen molar-refractivity contribution >= 4 is 23.6 Å². The van der Waals surface area contributed by atoms with E-state index < -0.39 is 0 Å². The van der Waals surface area contributed by atoms with Crippen molar-refractivity contribution < 1.29 is 4.79 Å². The first-order valence-electron chi connectivity index (χ1n) is 7.33. The Hall–Kier alpha value is -2.65. The minimum atomic E-state index is 0.524. The van der Waals surface area contributed by atoms with E-state index in [0.717, 1.165) is 39.8 Å². The van der Waals surface area contributed by atoms with Crippen molar-refractivity contribution in [2.24, 2.45) is 4.99 Å². The number of aldehydes is 1. The molecule has 0 atom stereocenters. The summed E-state index contributed by atoms with van der Waals surface area (Å²) in [5.41, 5.74) is 6.38. The first-order valence-corrected chi connectivity index (χ1v) is 7.71. The predicted molar refractivity (Wildman–Crippen MR) is 92.4 cm³/mol. The predicted octanol–water partition coefficient (Wildman–Crippen LogP) is 4.50. The van der Waals surface area contributed by atoms with Gasteiger partial charge in [-0.05, 0) is 23.3 Å². The standard InChI is InChI=1S/C19H13ClN2O/c20-14-6-7-15-16(8-14)19(12-4-2-1-3-5-12)22-10-13-9-21-17(11-23)18(13)15/h1-9,11,21H,10H2. The lowest BCUT2D eigenvalue weighted by Gasteiger charge is -2.11. The van der Waals surface area contributed by atoms with E-state index >= 15 is 0 Å². The number of halogens is 1. The summed E-state index contributed by atoms with van der Waals surface area (Å²) >= 11 is 6.23. The zero-order chi connectivity index (χ0) is 15.8. The summed E-state index contributed by atoms with van der Waals surface area (Å²) in [4.78, 5) is 19.2. The highest BCUT2D eigenvalue weighted by Gasteiger charge is 2.22. The van der Waals surface area contributed by atoms with Crippen LogP contribution in [0.2, 0.25) is 5.02 Å². The van der Waals surface area contributed by atoms with E-state index in [4.69, 9.17) is 16.6 Å². The van der Waals surface area contributed by atoms with Gasteiger partial charge < -0.3 is 4.98 Å². The molecule has 0 fully saturated rings. The summed E-state index contributed by atoms with van der Waals surface area (Å²) in [6, 6.07) is 15.8. The Bertz CT molecular complexity index is 926. The highest BCUT2D eigenvalue weighted by atomic mass is 35.5. The average Bonchev–Trinajstić information content (AvgIpc) is 2.92. The maximum absolute atomic E-state index is 11.4. The van der Waals surface area contributed by atoms with Gasteiger partial charge >= 0.3 is 0 Å². The van der Waals surface area contributed by atoms with Crippen LogP contribution in [0.4, 0.5) is 0 Å². The first-order chi connectivity index (χ1) is 11.3. The van der Waals surface area contributed by atoms with Gasteiger partial charge in [0.1, 0.15) is 0 Å². The molecule has 1 N–H and O–H groups in total. The van der Waals surface area contributed by atoms with Gasteiger partial charge in [0.15, 0.2) is 6.29 Å². The van der Waals surface area contributed by atoms with Gasteiger partial charge in [0.2, 0.25) is 0 Å². The van der Waals surface area contributed by atoms with Gasteiger partial charge in [-0.25, -0.2) is 0 Å². The van der Waals surface area contributed by atoms with Crippen molar-refractivity contribution in [1.82, 2.24) is 4.98 Å². The first kappa shape index (κ1) is 14.0. The zero-order valence-corrected chi connectivity index (χ0v) is 13.0. The van der Waals surface area contributed by atoms with Crippen LogP contribution in [0.3, 0.4) is 0 Å². The molecule has 23 heavy (non-hydrogen) atoms. The number of fused-ring (bicyclic) bond motifs is 3. The number of carbonyl (C=O) groups excluding carboxylic acids is 1. The maximum Gasteiger partial charge on any atom is 0.166 e. The molecule has 2 heterocycles. The van der Waals surface area contributed by atoms with Crippen molar-refractivity contribution in [1.29, 1.82) is 0 Å². The lowest BCUT2D eigenvalue weighted by atomic mass is 9.93. The molecule has 0 radical (unpaired) electrons. The number of aromatic nitrogens is 1. The third-order valence-corrected chi connectivity index (χ3v) is 4.31. The van der Waals surface area contributed by atoms with Crippen LogP contribution in [-0.4, -0.2) is 17.0 Å². The fourth-order valence-electron chi connectivity index (χ4n) is 3.04. The highest BCUT2D eigenvalue weighted by molar-refractivity contribution is 6.31. The summed E-state index contributed by atoms with van der Waals surface area (Å²) < 4.78 is 0. The number of hydrogen-bond donors (Lipinski definition) is 1. The molecule has 2 aromatic carbocycles. The third kappa shape index (κ3) is 2.30. The zero-order valence-electron chi connectivity index (χ0n) is 12.2. The molecule has 1 aliphatic heterocycles. The number of nitrogens with one attached hydrogen (secondary N) is 1. The molecule has 112 valence electrons. The molecule has 0 bridgehead atoms. The average molecular weight is 321 g/mol. The van der Waals surface area contributed by atoms with Crippen LogP contribution in [0.15, 0.2) is 59.7 Å². The molecular formula is C19H13ClN2O.